The van der Waals surface area contributed by atoms with E-state index in [1.54, 1.807) is 18.4 Å². The van der Waals surface area contributed by atoms with Crippen molar-refractivity contribution in [1.82, 2.24) is 14.8 Å². The van der Waals surface area contributed by atoms with Crippen molar-refractivity contribution >= 4 is 11.3 Å². The van der Waals surface area contributed by atoms with Crippen LogP contribution in [-0.4, -0.2) is 47.6 Å². The van der Waals surface area contributed by atoms with E-state index in [1.807, 2.05) is 5.51 Å². The van der Waals surface area contributed by atoms with Crippen LogP contribution in [0.5, 0.6) is 5.75 Å². The Morgan fingerprint density at radius 2 is 1.96 bits per heavy atom. The van der Waals surface area contributed by atoms with Gasteiger partial charge in [0.05, 0.1) is 18.3 Å². The molecule has 5 rings (SSSR count). The third kappa shape index (κ3) is 3.89. The number of thiazole rings is 1. The molecule has 25 heavy (non-hydrogen) atoms. The first-order valence-corrected chi connectivity index (χ1v) is 10.1. The van der Waals surface area contributed by atoms with Gasteiger partial charge in [0.15, 0.2) is 0 Å². The summed E-state index contributed by atoms with van der Waals surface area (Å²) in [6, 6.07) is 9.22. The summed E-state index contributed by atoms with van der Waals surface area (Å²) in [4.78, 5) is 11.2. The zero-order valence-corrected chi connectivity index (χ0v) is 16.0. The summed E-state index contributed by atoms with van der Waals surface area (Å²) in [5.41, 5.74) is 4.57. The fourth-order valence-corrected chi connectivity index (χ4v) is 5.05. The van der Waals surface area contributed by atoms with Crippen molar-refractivity contribution in [2.45, 2.75) is 38.9 Å². The fraction of sp³-hybridized carbons (Fsp3) is 0.550. The Labute approximate surface area is 154 Å². The predicted molar refractivity (Wildman–Crippen MR) is 102 cm³/mol. The number of fused-ring (bicyclic) bond motifs is 4. The molecule has 3 fully saturated rings. The first kappa shape index (κ1) is 17.0. The van der Waals surface area contributed by atoms with Gasteiger partial charge in [0.1, 0.15) is 5.75 Å². The molecule has 5 heteroatoms. The van der Waals surface area contributed by atoms with E-state index >= 15 is 0 Å². The normalized spacial score (nSPS) is 24.4. The molecule has 4 heterocycles. The van der Waals surface area contributed by atoms with Gasteiger partial charge in [-0.15, -0.1) is 11.3 Å². The molecule has 2 aromatic rings. The number of aryl methyl sites for hydroxylation is 1. The summed E-state index contributed by atoms with van der Waals surface area (Å²) in [6.07, 6.45) is 2.71. The van der Waals surface area contributed by atoms with Crippen LogP contribution in [0.4, 0.5) is 0 Å². The van der Waals surface area contributed by atoms with Crippen molar-refractivity contribution in [3.05, 3.63) is 45.9 Å². The van der Waals surface area contributed by atoms with Gasteiger partial charge in [0.25, 0.3) is 0 Å². The average Bonchev–Trinajstić information content (AvgIpc) is 2.84. The zero-order chi connectivity index (χ0) is 17.2. The molecule has 1 aromatic carbocycles. The van der Waals surface area contributed by atoms with Crippen molar-refractivity contribution in [3.8, 4) is 5.75 Å². The van der Waals surface area contributed by atoms with Gasteiger partial charge in [-0.3, -0.25) is 9.80 Å². The van der Waals surface area contributed by atoms with Crippen molar-refractivity contribution in [3.63, 3.8) is 0 Å². The first-order valence-electron chi connectivity index (χ1n) is 9.19. The molecule has 4 nitrogen and oxygen atoms in total. The molecule has 0 amide bonds. The van der Waals surface area contributed by atoms with Crippen LogP contribution >= 0.6 is 11.3 Å². The lowest BCUT2D eigenvalue weighted by atomic mass is 9.95. The minimum absolute atomic E-state index is 0.679. The van der Waals surface area contributed by atoms with Crippen LogP contribution in [0.3, 0.4) is 0 Å². The predicted octanol–water partition coefficient (Wildman–Crippen LogP) is 3.56. The fourth-order valence-electron chi connectivity index (χ4n) is 4.25. The van der Waals surface area contributed by atoms with Gasteiger partial charge in [0, 0.05) is 43.6 Å². The molecule has 2 atom stereocenters. The highest BCUT2D eigenvalue weighted by atomic mass is 32.1. The number of hydrogen-bond acceptors (Lipinski definition) is 5. The third-order valence-corrected chi connectivity index (χ3v) is 6.58. The molecule has 3 saturated heterocycles. The van der Waals surface area contributed by atoms with Crippen molar-refractivity contribution < 1.29 is 4.74 Å². The molecule has 0 saturated carbocycles. The Morgan fingerprint density at radius 1 is 1.12 bits per heavy atom. The minimum Gasteiger partial charge on any atom is -0.497 e. The number of piperidine rings is 1. The van der Waals surface area contributed by atoms with E-state index in [9.17, 15) is 0 Å². The summed E-state index contributed by atoms with van der Waals surface area (Å²) in [5, 5.41) is 0. The zero-order valence-electron chi connectivity index (χ0n) is 15.1. The van der Waals surface area contributed by atoms with E-state index < -0.39 is 0 Å². The number of nitrogens with zero attached hydrogens (tertiary/aromatic N) is 3. The average molecular weight is 358 g/mol. The highest BCUT2D eigenvalue weighted by molar-refractivity contribution is 7.09. The van der Waals surface area contributed by atoms with Crippen LogP contribution in [-0.2, 0) is 13.1 Å². The molecule has 0 unspecified atom stereocenters. The highest BCUT2D eigenvalue weighted by Gasteiger charge is 2.34. The Balaban J connectivity index is 1.42. The van der Waals surface area contributed by atoms with Gasteiger partial charge in [-0.25, -0.2) is 4.98 Å². The van der Waals surface area contributed by atoms with E-state index in [0.29, 0.717) is 6.04 Å². The van der Waals surface area contributed by atoms with E-state index in [-0.39, 0.29) is 0 Å². The molecular weight excluding hydrogens is 330 g/mol. The highest BCUT2D eigenvalue weighted by Crippen LogP contribution is 2.31. The quantitative estimate of drug-likeness (QED) is 0.818. The Hall–Kier alpha value is -1.43. The second-order valence-electron chi connectivity index (χ2n) is 7.43. The first-order chi connectivity index (χ1) is 12.2. The van der Waals surface area contributed by atoms with Crippen molar-refractivity contribution in [1.29, 1.82) is 0 Å². The molecule has 3 aliphatic rings. The number of hydrogen-bond donors (Lipinski definition) is 0. The topological polar surface area (TPSA) is 28.6 Å². The van der Waals surface area contributed by atoms with Crippen LogP contribution in [0.15, 0.2) is 29.8 Å². The second-order valence-corrected chi connectivity index (χ2v) is 8.37. The van der Waals surface area contributed by atoms with Crippen LogP contribution in [0.25, 0.3) is 0 Å². The maximum atomic E-state index is 5.27. The van der Waals surface area contributed by atoms with Crippen LogP contribution < -0.4 is 4.74 Å². The summed E-state index contributed by atoms with van der Waals surface area (Å²) >= 11 is 1.81. The van der Waals surface area contributed by atoms with E-state index in [4.69, 9.17) is 4.74 Å². The Kier molecular flexibility index (Phi) is 5.06. The van der Waals surface area contributed by atoms with E-state index in [1.165, 1.54) is 48.6 Å². The van der Waals surface area contributed by atoms with Gasteiger partial charge in [-0.05, 0) is 43.4 Å². The maximum absolute atomic E-state index is 5.27. The molecule has 134 valence electrons. The number of benzene rings is 1. The number of aromatic nitrogens is 1. The van der Waals surface area contributed by atoms with E-state index in [0.717, 1.165) is 24.8 Å². The summed E-state index contributed by atoms with van der Waals surface area (Å²) in [7, 11) is 1.72. The molecule has 1 aromatic heterocycles. The summed E-state index contributed by atoms with van der Waals surface area (Å²) < 4.78 is 5.27. The standard InChI is InChI=1S/C20H27N3OS/c1-15-20(25-14-21-15)13-23-11-17-3-6-18(23)12-22(10-17)9-16-4-7-19(24-2)8-5-16/h4-5,7-8,14,17-18H,3,6,9-13H2,1-2H3/t17-,18+/m0/s1. The lowest BCUT2D eigenvalue weighted by Crippen LogP contribution is -2.43. The lowest BCUT2D eigenvalue weighted by molar-refractivity contribution is 0.124. The molecule has 2 bridgehead atoms. The number of rotatable bonds is 5. The van der Waals surface area contributed by atoms with Crippen molar-refractivity contribution in [2.24, 2.45) is 5.92 Å². The number of methoxy groups -OCH3 is 1. The summed E-state index contributed by atoms with van der Waals surface area (Å²) in [5.74, 6) is 1.73. The second kappa shape index (κ2) is 7.44. The minimum atomic E-state index is 0.679. The summed E-state index contributed by atoms with van der Waals surface area (Å²) in [6.45, 7) is 7.90. The van der Waals surface area contributed by atoms with Crippen LogP contribution in [0, 0.1) is 12.8 Å². The van der Waals surface area contributed by atoms with Crippen LogP contribution in [0.1, 0.15) is 29.0 Å². The lowest BCUT2D eigenvalue weighted by Gasteiger charge is -2.36. The molecule has 3 aliphatic heterocycles. The maximum Gasteiger partial charge on any atom is 0.118 e. The Morgan fingerprint density at radius 3 is 2.68 bits per heavy atom. The van der Waals surface area contributed by atoms with Crippen molar-refractivity contribution in [2.75, 3.05) is 26.7 Å². The molecule has 0 N–H and O–H groups in total. The van der Waals surface area contributed by atoms with Gasteiger partial charge in [0.2, 0.25) is 0 Å². The van der Waals surface area contributed by atoms with Crippen LogP contribution in [0.2, 0.25) is 0 Å². The Bertz CT molecular complexity index is 699. The van der Waals surface area contributed by atoms with Gasteiger partial charge in [-0.1, -0.05) is 12.1 Å². The van der Waals surface area contributed by atoms with Gasteiger partial charge >= 0.3 is 0 Å². The SMILES string of the molecule is COc1ccc(CN2C[C@@H]3CC[C@H](C2)N(Cc2scnc2C)C3)cc1. The number of ether oxygens (including phenoxy) is 1. The largest absolute Gasteiger partial charge is 0.497 e. The molecule has 0 aliphatic carbocycles. The third-order valence-electron chi connectivity index (χ3n) is 5.66. The molecule has 0 radical (unpaired) electrons. The van der Waals surface area contributed by atoms with Gasteiger partial charge < -0.3 is 4.74 Å². The molecular formula is C20H27N3OS. The molecule has 0 spiro atoms. The monoisotopic (exact) mass is 357 g/mol. The smallest absolute Gasteiger partial charge is 0.118 e. The van der Waals surface area contributed by atoms with Gasteiger partial charge in [-0.2, -0.15) is 0 Å². The van der Waals surface area contributed by atoms with E-state index in [2.05, 4.69) is 46.0 Å².